The summed E-state index contributed by atoms with van der Waals surface area (Å²) in [6.45, 7) is 13.9. The zero-order chi connectivity index (χ0) is 21.6. The quantitative estimate of drug-likeness (QED) is 0.620. The monoisotopic (exact) mass is 397 g/mol. The number of amides is 1. The first-order valence-electron chi connectivity index (χ1n) is 10.0. The van der Waals surface area contributed by atoms with Crippen molar-refractivity contribution in [1.82, 2.24) is 0 Å². The van der Waals surface area contributed by atoms with Gasteiger partial charge in [0.05, 0.1) is 6.26 Å². The van der Waals surface area contributed by atoms with Gasteiger partial charge in [0.2, 0.25) is 0 Å². The van der Waals surface area contributed by atoms with Crippen LogP contribution in [0.25, 0.3) is 0 Å². The van der Waals surface area contributed by atoms with Crippen molar-refractivity contribution >= 4 is 17.3 Å². The van der Waals surface area contributed by atoms with E-state index in [0.29, 0.717) is 5.76 Å². The van der Waals surface area contributed by atoms with Crippen LogP contribution in [0.1, 0.15) is 50.1 Å². The molecule has 5 nitrogen and oxygen atoms in total. The second-order valence-electron chi connectivity index (χ2n) is 7.09. The fourth-order valence-corrected chi connectivity index (χ4v) is 2.76. The van der Waals surface area contributed by atoms with E-state index >= 15 is 0 Å². The Bertz CT molecular complexity index is 729. The molecule has 29 heavy (non-hydrogen) atoms. The molecule has 158 valence electrons. The Morgan fingerprint density at radius 1 is 1.03 bits per heavy atom. The smallest absolute Gasteiger partial charge is 0.291 e. The summed E-state index contributed by atoms with van der Waals surface area (Å²) in [6, 6.07) is 11.3. The number of hydrogen-bond acceptors (Lipinski definition) is 4. The molecule has 2 aromatic rings. The van der Waals surface area contributed by atoms with E-state index in [-0.39, 0.29) is 5.91 Å². The molecule has 5 heteroatoms. The van der Waals surface area contributed by atoms with Gasteiger partial charge in [0.15, 0.2) is 5.76 Å². The molecule has 1 saturated heterocycles. The molecule has 1 aromatic carbocycles. The molecule has 2 heterocycles. The van der Waals surface area contributed by atoms with Crippen molar-refractivity contribution in [3.63, 3.8) is 0 Å². The van der Waals surface area contributed by atoms with Crippen LogP contribution in [-0.2, 0) is 0 Å². The molecule has 3 rings (SSSR count). The summed E-state index contributed by atoms with van der Waals surface area (Å²) in [7, 11) is 1.50. The fraction of sp³-hybridized carbons (Fsp3) is 0.375. The van der Waals surface area contributed by atoms with Gasteiger partial charge in [-0.2, -0.15) is 0 Å². The van der Waals surface area contributed by atoms with Crippen LogP contribution in [-0.4, -0.2) is 26.0 Å². The number of nitrogens with zero attached hydrogens (tertiary/aromatic N) is 1. The second-order valence-corrected chi connectivity index (χ2v) is 7.09. The van der Waals surface area contributed by atoms with E-state index in [9.17, 15) is 4.79 Å². The summed E-state index contributed by atoms with van der Waals surface area (Å²) in [6.07, 6.45) is 6.20. The van der Waals surface area contributed by atoms with Gasteiger partial charge in [-0.05, 0) is 83.0 Å². The first-order chi connectivity index (χ1) is 14.0. The predicted octanol–water partition coefficient (Wildman–Crippen LogP) is 5.63. The van der Waals surface area contributed by atoms with Crippen molar-refractivity contribution in [1.29, 1.82) is 0 Å². The largest absolute Gasteiger partial charge is 0.459 e. The SMILES string of the molecule is C=C(C)CCC(=C)C.CN.O=C(Nc1ccc(N2CCCC2)cc1)c1ccco1. The van der Waals surface area contributed by atoms with E-state index in [1.807, 2.05) is 38.1 Å². The Labute approximate surface area is 175 Å². The summed E-state index contributed by atoms with van der Waals surface area (Å²) < 4.78 is 5.05. The molecule has 1 fully saturated rings. The maximum Gasteiger partial charge on any atom is 0.291 e. The van der Waals surface area contributed by atoms with Crippen molar-refractivity contribution in [2.75, 3.05) is 30.4 Å². The van der Waals surface area contributed by atoms with Gasteiger partial charge in [0.25, 0.3) is 5.91 Å². The summed E-state index contributed by atoms with van der Waals surface area (Å²) in [5.74, 6) is 0.0996. The van der Waals surface area contributed by atoms with Crippen LogP contribution < -0.4 is 16.0 Å². The summed E-state index contributed by atoms with van der Waals surface area (Å²) in [5.41, 5.74) is 8.99. The van der Waals surface area contributed by atoms with Crippen LogP contribution in [0.15, 0.2) is 71.4 Å². The summed E-state index contributed by atoms with van der Waals surface area (Å²) >= 11 is 0. The number of hydrogen-bond donors (Lipinski definition) is 2. The number of carbonyl (C=O) groups is 1. The Balaban J connectivity index is 0.000000358. The summed E-state index contributed by atoms with van der Waals surface area (Å²) in [5, 5.41) is 2.81. The van der Waals surface area contributed by atoms with Gasteiger partial charge >= 0.3 is 0 Å². The first kappa shape index (κ1) is 24.2. The highest BCUT2D eigenvalue weighted by Gasteiger charge is 2.12. The number of benzene rings is 1. The third-order valence-electron chi connectivity index (χ3n) is 4.32. The molecular formula is C24H35N3O2. The fourth-order valence-electron chi connectivity index (χ4n) is 2.76. The molecule has 0 aliphatic carbocycles. The van der Waals surface area contributed by atoms with Gasteiger partial charge < -0.3 is 20.4 Å². The van der Waals surface area contributed by atoms with Gasteiger partial charge in [-0.25, -0.2) is 0 Å². The minimum atomic E-state index is -0.223. The number of allylic oxidation sites excluding steroid dienone is 2. The molecule has 1 aliphatic heterocycles. The predicted molar refractivity (Wildman–Crippen MR) is 124 cm³/mol. The molecule has 1 aromatic heterocycles. The van der Waals surface area contributed by atoms with Crippen LogP contribution in [0.4, 0.5) is 11.4 Å². The van der Waals surface area contributed by atoms with Crippen LogP contribution in [0.3, 0.4) is 0 Å². The normalized spacial score (nSPS) is 12.2. The van der Waals surface area contributed by atoms with Gasteiger partial charge in [-0.15, -0.1) is 13.2 Å². The molecule has 0 saturated carbocycles. The summed E-state index contributed by atoms with van der Waals surface area (Å²) in [4.78, 5) is 14.2. The Morgan fingerprint density at radius 3 is 2.03 bits per heavy atom. The van der Waals surface area contributed by atoms with Crippen LogP contribution in [0, 0.1) is 0 Å². The Morgan fingerprint density at radius 2 is 1.59 bits per heavy atom. The van der Waals surface area contributed by atoms with Crippen LogP contribution >= 0.6 is 0 Å². The maximum atomic E-state index is 11.8. The van der Waals surface area contributed by atoms with E-state index in [0.717, 1.165) is 31.6 Å². The average Bonchev–Trinajstić information content (AvgIpc) is 3.43. The van der Waals surface area contributed by atoms with Crippen molar-refractivity contribution in [2.24, 2.45) is 5.73 Å². The number of carbonyl (C=O) groups excluding carboxylic acids is 1. The highest BCUT2D eigenvalue weighted by atomic mass is 16.3. The van der Waals surface area contributed by atoms with Gasteiger partial charge in [-0.1, -0.05) is 11.1 Å². The highest BCUT2D eigenvalue weighted by Crippen LogP contribution is 2.22. The van der Waals surface area contributed by atoms with Crippen LogP contribution in [0.2, 0.25) is 0 Å². The zero-order valence-corrected chi connectivity index (χ0v) is 18.0. The number of anilines is 2. The molecule has 0 bridgehead atoms. The Hall–Kier alpha value is -2.79. The molecule has 0 unspecified atom stereocenters. The lowest BCUT2D eigenvalue weighted by atomic mass is 10.1. The first-order valence-corrected chi connectivity index (χ1v) is 10.0. The highest BCUT2D eigenvalue weighted by molar-refractivity contribution is 6.02. The number of nitrogens with two attached hydrogens (primary N) is 1. The molecule has 1 aliphatic rings. The molecular weight excluding hydrogens is 362 g/mol. The number of nitrogens with one attached hydrogen (secondary N) is 1. The molecule has 0 radical (unpaired) electrons. The van der Waals surface area contributed by atoms with Gasteiger partial charge in [0, 0.05) is 24.5 Å². The molecule has 1 amide bonds. The van der Waals surface area contributed by atoms with E-state index in [1.165, 1.54) is 43.0 Å². The third kappa shape index (κ3) is 9.30. The lowest BCUT2D eigenvalue weighted by Gasteiger charge is -2.17. The van der Waals surface area contributed by atoms with Crippen LogP contribution in [0.5, 0.6) is 0 Å². The third-order valence-corrected chi connectivity index (χ3v) is 4.32. The molecule has 0 spiro atoms. The van der Waals surface area contributed by atoms with Crippen molar-refractivity contribution < 1.29 is 9.21 Å². The zero-order valence-electron chi connectivity index (χ0n) is 18.0. The lowest BCUT2D eigenvalue weighted by molar-refractivity contribution is 0.0996. The molecule has 3 N–H and O–H groups in total. The minimum Gasteiger partial charge on any atom is -0.459 e. The minimum absolute atomic E-state index is 0.223. The average molecular weight is 398 g/mol. The Kier molecular flexibility index (Phi) is 11.2. The van der Waals surface area contributed by atoms with E-state index < -0.39 is 0 Å². The van der Waals surface area contributed by atoms with E-state index in [1.54, 1.807) is 12.1 Å². The van der Waals surface area contributed by atoms with Gasteiger partial charge in [0.1, 0.15) is 0 Å². The second kappa shape index (κ2) is 13.4. The molecule has 0 atom stereocenters. The lowest BCUT2D eigenvalue weighted by Crippen LogP contribution is -2.17. The maximum absolute atomic E-state index is 11.8. The number of furan rings is 1. The van der Waals surface area contributed by atoms with Crippen molar-refractivity contribution in [2.45, 2.75) is 39.5 Å². The van der Waals surface area contributed by atoms with E-state index in [2.05, 4.69) is 29.1 Å². The van der Waals surface area contributed by atoms with Gasteiger partial charge in [-0.3, -0.25) is 4.79 Å². The van der Waals surface area contributed by atoms with Crippen molar-refractivity contribution in [3.05, 3.63) is 72.7 Å². The van der Waals surface area contributed by atoms with E-state index in [4.69, 9.17) is 4.42 Å². The number of rotatable bonds is 6. The van der Waals surface area contributed by atoms with Crippen molar-refractivity contribution in [3.8, 4) is 0 Å². The standard InChI is InChI=1S/C15H16N2O2.C8H14.CH5N/c18-15(14-4-3-11-19-14)16-12-5-7-13(8-6-12)17-9-1-2-10-17;1-7(2)5-6-8(3)4;1-2/h3-8,11H,1-2,9-10H2,(H,16,18);1,3,5-6H2,2,4H3;2H2,1H3. The topological polar surface area (TPSA) is 71.5 Å².